The van der Waals surface area contributed by atoms with Crippen LogP contribution in [-0.2, 0) is 11.3 Å². The van der Waals surface area contributed by atoms with Crippen molar-refractivity contribution in [1.82, 2.24) is 10.3 Å². The molecule has 0 aromatic carbocycles. The van der Waals surface area contributed by atoms with Crippen molar-refractivity contribution in [2.75, 3.05) is 19.0 Å². The number of pyridine rings is 1. The molecule has 0 aliphatic rings. The molecular weight excluding hydrogens is 214 g/mol. The predicted octanol–water partition coefficient (Wildman–Crippen LogP) is 1.81. The molecule has 1 heterocycles. The van der Waals surface area contributed by atoms with Crippen molar-refractivity contribution in [2.24, 2.45) is 5.92 Å². The minimum absolute atomic E-state index is 0.0643. The molecule has 1 atom stereocenters. The van der Waals surface area contributed by atoms with Crippen LogP contribution in [0.15, 0.2) is 18.3 Å². The van der Waals surface area contributed by atoms with Crippen molar-refractivity contribution < 1.29 is 4.79 Å². The van der Waals surface area contributed by atoms with E-state index in [-0.39, 0.29) is 11.8 Å². The number of aromatic nitrogens is 1. The van der Waals surface area contributed by atoms with Gasteiger partial charge in [-0.05, 0) is 12.5 Å². The quantitative estimate of drug-likeness (QED) is 0.846. The number of rotatable bonds is 5. The molecule has 94 valence electrons. The summed E-state index contributed by atoms with van der Waals surface area (Å²) >= 11 is 0. The normalized spacial score (nSPS) is 12.0. The number of nitrogens with one attached hydrogen (secondary N) is 1. The van der Waals surface area contributed by atoms with Gasteiger partial charge < -0.3 is 10.2 Å². The average molecular weight is 235 g/mol. The smallest absolute Gasteiger partial charge is 0.223 e. The van der Waals surface area contributed by atoms with E-state index >= 15 is 0 Å². The Kier molecular flexibility index (Phi) is 4.94. The molecule has 4 nitrogen and oxygen atoms in total. The fraction of sp³-hybridized carbons (Fsp3) is 0.538. The van der Waals surface area contributed by atoms with Gasteiger partial charge in [-0.2, -0.15) is 0 Å². The van der Waals surface area contributed by atoms with Crippen LogP contribution in [0.5, 0.6) is 0 Å². The van der Waals surface area contributed by atoms with Gasteiger partial charge in [-0.1, -0.05) is 19.9 Å². The number of hydrogen-bond donors (Lipinski definition) is 1. The van der Waals surface area contributed by atoms with Crippen LogP contribution in [0.2, 0.25) is 0 Å². The molecule has 17 heavy (non-hydrogen) atoms. The Labute approximate surface area is 103 Å². The summed E-state index contributed by atoms with van der Waals surface area (Å²) in [6.07, 6.45) is 2.62. The van der Waals surface area contributed by atoms with Crippen molar-refractivity contribution in [3.63, 3.8) is 0 Å². The van der Waals surface area contributed by atoms with Gasteiger partial charge in [0.15, 0.2) is 0 Å². The zero-order valence-electron chi connectivity index (χ0n) is 11.0. The summed E-state index contributed by atoms with van der Waals surface area (Å²) in [6.45, 7) is 4.48. The minimum Gasteiger partial charge on any atom is -0.362 e. The van der Waals surface area contributed by atoms with Crippen molar-refractivity contribution in [3.8, 4) is 0 Å². The summed E-state index contributed by atoms with van der Waals surface area (Å²) < 4.78 is 0. The molecule has 0 aliphatic carbocycles. The third-order valence-corrected chi connectivity index (χ3v) is 2.80. The van der Waals surface area contributed by atoms with Gasteiger partial charge in [-0.25, -0.2) is 4.98 Å². The summed E-state index contributed by atoms with van der Waals surface area (Å²) in [5.74, 6) is 1.06. The molecule has 1 aromatic rings. The van der Waals surface area contributed by atoms with E-state index in [2.05, 4.69) is 10.3 Å². The van der Waals surface area contributed by atoms with Gasteiger partial charge in [0.2, 0.25) is 5.91 Å². The van der Waals surface area contributed by atoms with E-state index in [1.165, 1.54) is 0 Å². The number of carbonyl (C=O) groups excluding carboxylic acids is 1. The van der Waals surface area contributed by atoms with Gasteiger partial charge in [0.25, 0.3) is 0 Å². The van der Waals surface area contributed by atoms with E-state index < -0.39 is 0 Å². The second-order valence-electron chi connectivity index (χ2n) is 4.41. The number of hydrogen-bond acceptors (Lipinski definition) is 3. The van der Waals surface area contributed by atoms with Crippen LogP contribution < -0.4 is 10.2 Å². The Morgan fingerprint density at radius 1 is 1.53 bits per heavy atom. The summed E-state index contributed by atoms with van der Waals surface area (Å²) in [6, 6.07) is 3.87. The molecule has 0 aliphatic heterocycles. The molecule has 1 aromatic heterocycles. The minimum atomic E-state index is 0.0643. The van der Waals surface area contributed by atoms with Crippen LogP contribution in [0.4, 0.5) is 5.82 Å². The number of anilines is 1. The first-order valence-electron chi connectivity index (χ1n) is 5.95. The lowest BCUT2D eigenvalue weighted by atomic mass is 10.1. The highest BCUT2D eigenvalue weighted by Crippen LogP contribution is 2.14. The van der Waals surface area contributed by atoms with Gasteiger partial charge in [0.1, 0.15) is 5.82 Å². The van der Waals surface area contributed by atoms with Gasteiger partial charge in [-0.3, -0.25) is 4.79 Å². The first kappa shape index (κ1) is 13.5. The molecular formula is C13H21N3O. The summed E-state index contributed by atoms with van der Waals surface area (Å²) in [5, 5.41) is 2.94. The maximum atomic E-state index is 11.7. The molecule has 0 radical (unpaired) electrons. The van der Waals surface area contributed by atoms with Gasteiger partial charge in [0.05, 0.1) is 0 Å². The van der Waals surface area contributed by atoms with Crippen LogP contribution in [0, 0.1) is 5.92 Å². The van der Waals surface area contributed by atoms with E-state index in [1.54, 1.807) is 6.20 Å². The van der Waals surface area contributed by atoms with E-state index in [1.807, 2.05) is 45.0 Å². The first-order valence-corrected chi connectivity index (χ1v) is 5.95. The highest BCUT2D eigenvalue weighted by atomic mass is 16.1. The number of amides is 1. The van der Waals surface area contributed by atoms with Crippen molar-refractivity contribution in [3.05, 3.63) is 23.9 Å². The lowest BCUT2D eigenvalue weighted by Crippen LogP contribution is -2.29. The molecule has 0 unspecified atom stereocenters. The van der Waals surface area contributed by atoms with Crippen molar-refractivity contribution in [2.45, 2.75) is 26.8 Å². The summed E-state index contributed by atoms with van der Waals surface area (Å²) in [4.78, 5) is 17.9. The van der Waals surface area contributed by atoms with Crippen LogP contribution in [-0.4, -0.2) is 25.0 Å². The first-order chi connectivity index (χ1) is 8.06. The Bertz CT molecular complexity index is 377. The molecule has 1 rings (SSSR count). The van der Waals surface area contributed by atoms with Crippen molar-refractivity contribution >= 4 is 11.7 Å². The lowest BCUT2D eigenvalue weighted by molar-refractivity contribution is -0.124. The topological polar surface area (TPSA) is 45.2 Å². The van der Waals surface area contributed by atoms with E-state index in [0.29, 0.717) is 6.54 Å². The van der Waals surface area contributed by atoms with E-state index in [9.17, 15) is 4.79 Å². The van der Waals surface area contributed by atoms with Crippen molar-refractivity contribution in [1.29, 1.82) is 0 Å². The zero-order chi connectivity index (χ0) is 12.8. The molecule has 4 heteroatoms. The fourth-order valence-corrected chi connectivity index (χ4v) is 1.51. The molecule has 0 fully saturated rings. The van der Waals surface area contributed by atoms with Crippen LogP contribution in [0.3, 0.4) is 0 Å². The van der Waals surface area contributed by atoms with Gasteiger partial charge in [-0.15, -0.1) is 0 Å². The van der Waals surface area contributed by atoms with Crippen LogP contribution in [0.25, 0.3) is 0 Å². The number of nitrogens with zero attached hydrogens (tertiary/aromatic N) is 2. The molecule has 1 amide bonds. The largest absolute Gasteiger partial charge is 0.362 e. The summed E-state index contributed by atoms with van der Waals surface area (Å²) in [5.41, 5.74) is 1.04. The highest BCUT2D eigenvalue weighted by molar-refractivity contribution is 5.78. The van der Waals surface area contributed by atoms with E-state index in [4.69, 9.17) is 0 Å². The Balaban J connectivity index is 2.66. The highest BCUT2D eigenvalue weighted by Gasteiger charge is 2.11. The molecule has 0 saturated heterocycles. The Morgan fingerprint density at radius 3 is 2.82 bits per heavy atom. The molecule has 1 N–H and O–H groups in total. The molecule has 0 bridgehead atoms. The van der Waals surface area contributed by atoms with Gasteiger partial charge in [0, 0.05) is 38.3 Å². The molecule has 0 saturated carbocycles. The monoisotopic (exact) mass is 235 g/mol. The fourth-order valence-electron chi connectivity index (χ4n) is 1.51. The Morgan fingerprint density at radius 2 is 2.24 bits per heavy atom. The van der Waals surface area contributed by atoms with E-state index in [0.717, 1.165) is 17.8 Å². The summed E-state index contributed by atoms with van der Waals surface area (Å²) in [7, 11) is 3.89. The standard InChI is InChI=1S/C13H21N3O/c1-5-10(2)13(17)15-9-11-7-6-8-14-12(11)16(3)4/h6-8,10H,5,9H2,1-4H3,(H,15,17)/t10-/m0/s1. The van der Waals surface area contributed by atoms with Gasteiger partial charge >= 0.3 is 0 Å². The Hall–Kier alpha value is -1.58. The van der Waals surface area contributed by atoms with Crippen LogP contribution >= 0.6 is 0 Å². The second kappa shape index (κ2) is 6.23. The maximum absolute atomic E-state index is 11.7. The average Bonchev–Trinajstić information content (AvgIpc) is 2.35. The van der Waals surface area contributed by atoms with Crippen LogP contribution in [0.1, 0.15) is 25.8 Å². The predicted molar refractivity (Wildman–Crippen MR) is 69.9 cm³/mol. The third kappa shape index (κ3) is 3.73. The number of carbonyl (C=O) groups is 1. The second-order valence-corrected chi connectivity index (χ2v) is 4.41. The maximum Gasteiger partial charge on any atom is 0.223 e. The third-order valence-electron chi connectivity index (χ3n) is 2.80. The molecule has 0 spiro atoms. The SMILES string of the molecule is CC[C@H](C)C(=O)NCc1cccnc1N(C)C. The lowest BCUT2D eigenvalue weighted by Gasteiger charge is -2.17. The zero-order valence-corrected chi connectivity index (χ0v) is 11.0.